The standard InChI is InChI=1S/C12H28N4O/c1-5-7-16(10-9-15(3)4)8-6-12(2,14)11(13)17/h5-10,14H2,1-4H3,(H2,13,17). The van der Waals surface area contributed by atoms with Gasteiger partial charge in [0.15, 0.2) is 0 Å². The van der Waals surface area contributed by atoms with Crippen LogP contribution in [0.3, 0.4) is 0 Å². The Morgan fingerprint density at radius 1 is 1.18 bits per heavy atom. The molecule has 0 saturated heterocycles. The molecule has 0 radical (unpaired) electrons. The molecule has 0 aliphatic heterocycles. The van der Waals surface area contributed by atoms with Crippen molar-refractivity contribution >= 4 is 5.91 Å². The first-order chi connectivity index (χ1) is 7.79. The number of nitrogens with two attached hydrogens (primary N) is 2. The largest absolute Gasteiger partial charge is 0.368 e. The van der Waals surface area contributed by atoms with Crippen LogP contribution in [0.15, 0.2) is 0 Å². The lowest BCUT2D eigenvalue weighted by Gasteiger charge is -2.27. The van der Waals surface area contributed by atoms with Gasteiger partial charge in [0, 0.05) is 19.6 Å². The highest BCUT2D eigenvalue weighted by molar-refractivity contribution is 5.83. The van der Waals surface area contributed by atoms with Crippen LogP contribution in [0.1, 0.15) is 26.7 Å². The maximum Gasteiger partial charge on any atom is 0.237 e. The van der Waals surface area contributed by atoms with E-state index in [-0.39, 0.29) is 0 Å². The highest BCUT2D eigenvalue weighted by atomic mass is 16.1. The Morgan fingerprint density at radius 3 is 2.18 bits per heavy atom. The number of hydrogen-bond acceptors (Lipinski definition) is 4. The van der Waals surface area contributed by atoms with Crippen molar-refractivity contribution in [2.45, 2.75) is 32.2 Å². The van der Waals surface area contributed by atoms with Gasteiger partial charge in [0.05, 0.1) is 5.54 Å². The van der Waals surface area contributed by atoms with Crippen molar-refractivity contribution < 1.29 is 4.79 Å². The zero-order chi connectivity index (χ0) is 13.5. The molecule has 0 fully saturated rings. The third-order valence-corrected chi connectivity index (χ3v) is 2.91. The average molecular weight is 244 g/mol. The van der Waals surface area contributed by atoms with Gasteiger partial charge in [-0.05, 0) is 40.4 Å². The normalized spacial score (nSPS) is 15.2. The summed E-state index contributed by atoms with van der Waals surface area (Å²) in [6.45, 7) is 7.71. The third kappa shape index (κ3) is 7.31. The van der Waals surface area contributed by atoms with Crippen LogP contribution < -0.4 is 11.5 Å². The summed E-state index contributed by atoms with van der Waals surface area (Å²) in [6, 6.07) is 0. The Labute approximate surface area is 105 Å². The van der Waals surface area contributed by atoms with Crippen molar-refractivity contribution in [3.8, 4) is 0 Å². The van der Waals surface area contributed by atoms with E-state index in [0.717, 1.165) is 32.6 Å². The molecule has 0 heterocycles. The van der Waals surface area contributed by atoms with Crippen LogP contribution in [0, 0.1) is 0 Å². The van der Waals surface area contributed by atoms with E-state index >= 15 is 0 Å². The summed E-state index contributed by atoms with van der Waals surface area (Å²) in [7, 11) is 4.11. The van der Waals surface area contributed by atoms with Crippen LogP contribution in [0.25, 0.3) is 0 Å². The number of likely N-dealkylation sites (N-methyl/N-ethyl adjacent to an activating group) is 1. The van der Waals surface area contributed by atoms with E-state index in [2.05, 4.69) is 30.8 Å². The zero-order valence-electron chi connectivity index (χ0n) is 11.7. The van der Waals surface area contributed by atoms with Gasteiger partial charge in [-0.3, -0.25) is 4.79 Å². The molecule has 0 aromatic heterocycles. The van der Waals surface area contributed by atoms with Crippen molar-refractivity contribution in [1.82, 2.24) is 9.80 Å². The van der Waals surface area contributed by atoms with Gasteiger partial charge in [-0.1, -0.05) is 6.92 Å². The maximum absolute atomic E-state index is 11.1. The number of carbonyl (C=O) groups is 1. The number of rotatable bonds is 9. The second-order valence-electron chi connectivity index (χ2n) is 5.18. The summed E-state index contributed by atoms with van der Waals surface area (Å²) in [5.74, 6) is -0.429. The minimum atomic E-state index is -0.899. The molecule has 0 bridgehead atoms. The van der Waals surface area contributed by atoms with Gasteiger partial charge < -0.3 is 21.3 Å². The topological polar surface area (TPSA) is 75.6 Å². The number of hydrogen-bond donors (Lipinski definition) is 2. The zero-order valence-corrected chi connectivity index (χ0v) is 11.7. The molecule has 102 valence electrons. The minimum absolute atomic E-state index is 0.429. The van der Waals surface area contributed by atoms with E-state index < -0.39 is 11.4 Å². The molecule has 1 atom stereocenters. The molecule has 0 aliphatic carbocycles. The predicted molar refractivity (Wildman–Crippen MR) is 71.7 cm³/mol. The summed E-state index contributed by atoms with van der Waals surface area (Å²) in [5, 5.41) is 0. The van der Waals surface area contributed by atoms with Gasteiger partial charge in [0.2, 0.25) is 5.91 Å². The molecule has 5 heteroatoms. The second kappa shape index (κ2) is 7.63. The van der Waals surface area contributed by atoms with Crippen LogP contribution in [-0.2, 0) is 4.79 Å². The lowest BCUT2D eigenvalue weighted by Crippen LogP contribution is -2.51. The Morgan fingerprint density at radius 2 is 1.76 bits per heavy atom. The van der Waals surface area contributed by atoms with Gasteiger partial charge >= 0.3 is 0 Å². The molecule has 17 heavy (non-hydrogen) atoms. The highest BCUT2D eigenvalue weighted by Crippen LogP contribution is 2.06. The van der Waals surface area contributed by atoms with Crippen molar-refractivity contribution in [2.24, 2.45) is 11.5 Å². The average Bonchev–Trinajstić information content (AvgIpc) is 2.21. The quantitative estimate of drug-likeness (QED) is 0.591. The van der Waals surface area contributed by atoms with E-state index in [0.29, 0.717) is 6.42 Å². The Hall–Kier alpha value is -0.650. The van der Waals surface area contributed by atoms with Gasteiger partial charge in [-0.2, -0.15) is 0 Å². The fraction of sp³-hybridized carbons (Fsp3) is 0.917. The maximum atomic E-state index is 11.1. The van der Waals surface area contributed by atoms with Gasteiger partial charge in [0.1, 0.15) is 0 Å². The Balaban J connectivity index is 4.12. The fourth-order valence-corrected chi connectivity index (χ4v) is 1.51. The smallest absolute Gasteiger partial charge is 0.237 e. The molecule has 0 aromatic carbocycles. The molecule has 1 amide bonds. The first kappa shape index (κ1) is 16.4. The summed E-state index contributed by atoms with van der Waals surface area (Å²) >= 11 is 0. The molecule has 0 rings (SSSR count). The third-order valence-electron chi connectivity index (χ3n) is 2.91. The molecule has 0 aliphatic rings. The van der Waals surface area contributed by atoms with Crippen LogP contribution in [0.5, 0.6) is 0 Å². The van der Waals surface area contributed by atoms with Gasteiger partial charge in [0.25, 0.3) is 0 Å². The molecule has 4 N–H and O–H groups in total. The SMILES string of the molecule is CCCN(CCN(C)C)CCC(C)(N)C(N)=O. The van der Waals surface area contributed by atoms with Crippen molar-refractivity contribution in [3.63, 3.8) is 0 Å². The molecule has 0 spiro atoms. The van der Waals surface area contributed by atoms with Crippen molar-refractivity contribution in [2.75, 3.05) is 40.3 Å². The lowest BCUT2D eigenvalue weighted by molar-refractivity contribution is -0.122. The van der Waals surface area contributed by atoms with Gasteiger partial charge in [-0.25, -0.2) is 0 Å². The lowest BCUT2D eigenvalue weighted by atomic mass is 9.98. The van der Waals surface area contributed by atoms with E-state index in [4.69, 9.17) is 11.5 Å². The second-order valence-corrected chi connectivity index (χ2v) is 5.18. The number of nitrogens with zero attached hydrogens (tertiary/aromatic N) is 2. The number of carbonyl (C=O) groups excluding carboxylic acids is 1. The highest BCUT2D eigenvalue weighted by Gasteiger charge is 2.25. The van der Waals surface area contributed by atoms with Crippen LogP contribution in [0.2, 0.25) is 0 Å². The first-order valence-corrected chi connectivity index (χ1v) is 6.25. The summed E-state index contributed by atoms with van der Waals surface area (Å²) in [4.78, 5) is 15.6. The van der Waals surface area contributed by atoms with Crippen LogP contribution in [-0.4, -0.2) is 61.5 Å². The van der Waals surface area contributed by atoms with E-state index in [1.54, 1.807) is 6.92 Å². The first-order valence-electron chi connectivity index (χ1n) is 6.25. The van der Waals surface area contributed by atoms with Crippen LogP contribution >= 0.6 is 0 Å². The molecule has 1 unspecified atom stereocenters. The minimum Gasteiger partial charge on any atom is -0.368 e. The number of amides is 1. The molecular weight excluding hydrogens is 216 g/mol. The summed E-state index contributed by atoms with van der Waals surface area (Å²) in [5.41, 5.74) is 10.2. The molecular formula is C12H28N4O. The van der Waals surface area contributed by atoms with E-state index in [1.807, 2.05) is 0 Å². The van der Waals surface area contributed by atoms with Crippen molar-refractivity contribution in [3.05, 3.63) is 0 Å². The fourth-order valence-electron chi connectivity index (χ4n) is 1.51. The summed E-state index contributed by atoms with van der Waals surface area (Å²) < 4.78 is 0. The Bertz CT molecular complexity index is 229. The monoisotopic (exact) mass is 244 g/mol. The Kier molecular flexibility index (Phi) is 7.34. The molecule has 0 saturated carbocycles. The van der Waals surface area contributed by atoms with E-state index in [9.17, 15) is 4.79 Å². The molecule has 5 nitrogen and oxygen atoms in total. The van der Waals surface area contributed by atoms with Crippen LogP contribution in [0.4, 0.5) is 0 Å². The van der Waals surface area contributed by atoms with E-state index in [1.165, 1.54) is 0 Å². The predicted octanol–water partition coefficient (Wildman–Crippen LogP) is -0.147. The summed E-state index contributed by atoms with van der Waals surface area (Å²) in [6.07, 6.45) is 1.71. The van der Waals surface area contributed by atoms with Crippen molar-refractivity contribution in [1.29, 1.82) is 0 Å². The van der Waals surface area contributed by atoms with Gasteiger partial charge in [-0.15, -0.1) is 0 Å². The number of primary amides is 1. The molecule has 0 aromatic rings.